The number of nitrogens with zero attached hydrogens (tertiary/aromatic N) is 4. The van der Waals surface area contributed by atoms with E-state index >= 15 is 0 Å². The summed E-state index contributed by atoms with van der Waals surface area (Å²) in [5.41, 5.74) is 6.94. The quantitative estimate of drug-likeness (QED) is 0.751. The predicted molar refractivity (Wildman–Crippen MR) is 75.3 cm³/mol. The SMILES string of the molecule is CS(=O)(=O)c1cccc2c1nc(N)n2CCc1ncon1. The lowest BCUT2D eigenvalue weighted by Crippen LogP contribution is -2.06. The summed E-state index contributed by atoms with van der Waals surface area (Å²) in [5, 5.41) is 3.73. The fourth-order valence-corrected chi connectivity index (χ4v) is 3.02. The van der Waals surface area contributed by atoms with Crippen molar-refractivity contribution in [2.45, 2.75) is 17.9 Å². The lowest BCUT2D eigenvalue weighted by Gasteiger charge is -2.05. The molecule has 3 rings (SSSR count). The number of sulfone groups is 1. The van der Waals surface area contributed by atoms with Crippen LogP contribution >= 0.6 is 0 Å². The molecule has 0 fully saturated rings. The van der Waals surface area contributed by atoms with Crippen LogP contribution in [0, 0.1) is 0 Å². The maximum Gasteiger partial charge on any atom is 0.213 e. The number of benzene rings is 1. The molecule has 3 aromatic rings. The van der Waals surface area contributed by atoms with Crippen LogP contribution in [0.5, 0.6) is 0 Å². The van der Waals surface area contributed by atoms with Crippen LogP contribution in [-0.2, 0) is 22.8 Å². The third kappa shape index (κ3) is 2.47. The van der Waals surface area contributed by atoms with Gasteiger partial charge in [-0.2, -0.15) is 4.98 Å². The molecule has 2 N–H and O–H groups in total. The lowest BCUT2D eigenvalue weighted by atomic mass is 10.3. The fourth-order valence-electron chi connectivity index (χ4n) is 2.19. The Morgan fingerprint density at radius 3 is 2.86 bits per heavy atom. The van der Waals surface area contributed by atoms with Crippen molar-refractivity contribution in [3.05, 3.63) is 30.4 Å². The Kier molecular flexibility index (Phi) is 3.13. The first-order chi connectivity index (χ1) is 9.97. The number of imidazole rings is 1. The monoisotopic (exact) mass is 307 g/mol. The van der Waals surface area contributed by atoms with Gasteiger partial charge in [0.1, 0.15) is 5.52 Å². The van der Waals surface area contributed by atoms with E-state index in [1.54, 1.807) is 16.7 Å². The molecule has 0 bridgehead atoms. The van der Waals surface area contributed by atoms with Crippen molar-refractivity contribution >= 4 is 26.8 Å². The van der Waals surface area contributed by atoms with Crippen LogP contribution in [-0.4, -0.2) is 34.4 Å². The number of anilines is 1. The number of aromatic nitrogens is 4. The number of nitrogens with two attached hydrogens (primary N) is 1. The number of aryl methyl sites for hydroxylation is 2. The summed E-state index contributed by atoms with van der Waals surface area (Å²) in [4.78, 5) is 8.28. The minimum atomic E-state index is -3.36. The average Bonchev–Trinajstić information content (AvgIpc) is 3.01. The van der Waals surface area contributed by atoms with Gasteiger partial charge in [0.05, 0.1) is 10.4 Å². The minimum Gasteiger partial charge on any atom is -0.369 e. The first-order valence-electron chi connectivity index (χ1n) is 6.17. The van der Waals surface area contributed by atoms with Crippen LogP contribution in [0.2, 0.25) is 0 Å². The molecular weight excluding hydrogens is 294 g/mol. The van der Waals surface area contributed by atoms with Crippen molar-refractivity contribution < 1.29 is 12.9 Å². The summed E-state index contributed by atoms with van der Waals surface area (Å²) in [5.74, 6) is 0.806. The third-order valence-electron chi connectivity index (χ3n) is 3.14. The Bertz CT molecular complexity index is 883. The van der Waals surface area contributed by atoms with Crippen molar-refractivity contribution in [3.8, 4) is 0 Å². The predicted octanol–water partition coefficient (Wildman–Crippen LogP) is 0.648. The van der Waals surface area contributed by atoms with Gasteiger partial charge < -0.3 is 14.8 Å². The first kappa shape index (κ1) is 13.6. The van der Waals surface area contributed by atoms with Gasteiger partial charge in [-0.25, -0.2) is 13.4 Å². The highest BCUT2D eigenvalue weighted by atomic mass is 32.2. The number of para-hydroxylation sites is 1. The van der Waals surface area contributed by atoms with E-state index in [0.29, 0.717) is 29.8 Å². The molecule has 0 atom stereocenters. The highest BCUT2D eigenvalue weighted by Crippen LogP contribution is 2.25. The zero-order chi connectivity index (χ0) is 15.0. The van der Waals surface area contributed by atoms with Crippen LogP contribution in [0.3, 0.4) is 0 Å². The molecule has 0 aliphatic carbocycles. The second-order valence-electron chi connectivity index (χ2n) is 4.62. The Hall–Kier alpha value is -2.42. The van der Waals surface area contributed by atoms with Crippen molar-refractivity contribution in [3.63, 3.8) is 0 Å². The van der Waals surface area contributed by atoms with Gasteiger partial charge in [0.2, 0.25) is 12.3 Å². The van der Waals surface area contributed by atoms with E-state index in [2.05, 4.69) is 19.6 Å². The molecule has 0 radical (unpaired) electrons. The van der Waals surface area contributed by atoms with Crippen LogP contribution < -0.4 is 5.73 Å². The van der Waals surface area contributed by atoms with Gasteiger partial charge in [0, 0.05) is 19.2 Å². The molecule has 9 heteroatoms. The van der Waals surface area contributed by atoms with Gasteiger partial charge in [-0.3, -0.25) is 0 Å². The molecule has 0 saturated heterocycles. The number of nitrogen functional groups attached to an aromatic ring is 1. The summed E-state index contributed by atoms with van der Waals surface area (Å²) in [6.45, 7) is 0.481. The Morgan fingerprint density at radius 1 is 1.38 bits per heavy atom. The van der Waals surface area contributed by atoms with Crippen LogP contribution in [0.4, 0.5) is 5.95 Å². The van der Waals surface area contributed by atoms with E-state index in [9.17, 15) is 8.42 Å². The van der Waals surface area contributed by atoms with E-state index < -0.39 is 9.84 Å². The Balaban J connectivity index is 2.05. The van der Waals surface area contributed by atoms with Crippen molar-refractivity contribution in [2.24, 2.45) is 0 Å². The summed E-state index contributed by atoms with van der Waals surface area (Å²) < 4.78 is 30.0. The number of hydrogen-bond acceptors (Lipinski definition) is 7. The van der Waals surface area contributed by atoms with Crippen LogP contribution in [0.15, 0.2) is 34.0 Å². The molecule has 0 unspecified atom stereocenters. The molecule has 8 nitrogen and oxygen atoms in total. The van der Waals surface area contributed by atoms with Gasteiger partial charge in [-0.05, 0) is 12.1 Å². The van der Waals surface area contributed by atoms with E-state index in [1.165, 1.54) is 12.5 Å². The molecule has 2 aromatic heterocycles. The normalized spacial score (nSPS) is 12.0. The molecule has 0 saturated carbocycles. The maximum atomic E-state index is 11.8. The molecule has 0 aliphatic rings. The van der Waals surface area contributed by atoms with Gasteiger partial charge in [-0.1, -0.05) is 11.2 Å². The van der Waals surface area contributed by atoms with Gasteiger partial charge >= 0.3 is 0 Å². The van der Waals surface area contributed by atoms with E-state index in [4.69, 9.17) is 5.73 Å². The van der Waals surface area contributed by atoms with Gasteiger partial charge in [0.25, 0.3) is 0 Å². The topological polar surface area (TPSA) is 117 Å². The highest BCUT2D eigenvalue weighted by molar-refractivity contribution is 7.91. The largest absolute Gasteiger partial charge is 0.369 e. The van der Waals surface area contributed by atoms with E-state index in [0.717, 1.165) is 6.26 Å². The standard InChI is InChI=1S/C12H13N5O3S/c1-21(18,19)9-4-2-3-8-11(9)15-12(13)17(8)6-5-10-14-7-20-16-10/h2-4,7H,5-6H2,1H3,(H2,13,15). The average molecular weight is 307 g/mol. The number of fused-ring (bicyclic) bond motifs is 1. The van der Waals surface area contributed by atoms with E-state index in [1.807, 2.05) is 0 Å². The third-order valence-corrected chi connectivity index (χ3v) is 4.27. The fraction of sp³-hybridized carbons (Fsp3) is 0.250. The highest BCUT2D eigenvalue weighted by Gasteiger charge is 2.17. The molecule has 110 valence electrons. The van der Waals surface area contributed by atoms with E-state index in [-0.39, 0.29) is 10.8 Å². The van der Waals surface area contributed by atoms with Crippen molar-refractivity contribution in [2.75, 3.05) is 12.0 Å². The van der Waals surface area contributed by atoms with Crippen LogP contribution in [0.25, 0.3) is 11.0 Å². The van der Waals surface area contributed by atoms with Crippen molar-refractivity contribution in [1.82, 2.24) is 19.7 Å². The lowest BCUT2D eigenvalue weighted by molar-refractivity contribution is 0.408. The zero-order valence-electron chi connectivity index (χ0n) is 11.2. The number of rotatable bonds is 4. The van der Waals surface area contributed by atoms with Gasteiger partial charge in [0.15, 0.2) is 15.7 Å². The Morgan fingerprint density at radius 2 is 2.19 bits per heavy atom. The molecular formula is C12H13N5O3S. The number of hydrogen-bond donors (Lipinski definition) is 1. The summed E-state index contributed by atoms with van der Waals surface area (Å²) in [6, 6.07) is 4.97. The molecule has 0 aliphatic heterocycles. The van der Waals surface area contributed by atoms with Crippen molar-refractivity contribution in [1.29, 1.82) is 0 Å². The maximum absolute atomic E-state index is 11.8. The molecule has 2 heterocycles. The molecule has 1 aromatic carbocycles. The molecule has 0 spiro atoms. The first-order valence-corrected chi connectivity index (χ1v) is 8.06. The minimum absolute atomic E-state index is 0.171. The summed E-state index contributed by atoms with van der Waals surface area (Å²) in [6.07, 6.45) is 2.91. The molecule has 0 amide bonds. The van der Waals surface area contributed by atoms with Gasteiger partial charge in [-0.15, -0.1) is 0 Å². The molecule has 21 heavy (non-hydrogen) atoms. The smallest absolute Gasteiger partial charge is 0.213 e. The van der Waals surface area contributed by atoms with Crippen LogP contribution in [0.1, 0.15) is 5.82 Å². The zero-order valence-corrected chi connectivity index (χ0v) is 12.0. The summed E-state index contributed by atoms with van der Waals surface area (Å²) >= 11 is 0. The Labute approximate surface area is 120 Å². The summed E-state index contributed by atoms with van der Waals surface area (Å²) in [7, 11) is -3.36. The second-order valence-corrected chi connectivity index (χ2v) is 6.60. The second kappa shape index (κ2) is 4.85.